The van der Waals surface area contributed by atoms with Gasteiger partial charge in [-0.25, -0.2) is 9.78 Å². The monoisotopic (exact) mass is 439 g/mol. The van der Waals surface area contributed by atoms with Crippen molar-refractivity contribution >= 4 is 23.4 Å². The van der Waals surface area contributed by atoms with Gasteiger partial charge in [0.15, 0.2) is 5.96 Å². The highest BCUT2D eigenvalue weighted by atomic mass is 32.1. The summed E-state index contributed by atoms with van der Waals surface area (Å²) in [5, 5.41) is 7.28. The minimum absolute atomic E-state index is 0.256. The average Bonchev–Trinajstić information content (AvgIpc) is 3.16. The third kappa shape index (κ3) is 8.87. The summed E-state index contributed by atoms with van der Waals surface area (Å²) in [4.78, 5) is 24.1. The number of aliphatic imine (C=N–C) groups is 1. The molecule has 170 valence electrons. The van der Waals surface area contributed by atoms with Crippen LogP contribution in [0.5, 0.6) is 0 Å². The number of likely N-dealkylation sites (tertiary alicyclic amines) is 1. The minimum atomic E-state index is -0.469. The standard InChI is InChI=1S/C21H37N5O3S/c1-6-17-14-24-18(30-17)15-25-19(22-5)26-11-8-16(9-12-26)28-13-7-10-23-20(27)29-21(2,3)4/h14,16H,6-13,15H2,1-5H3,(H,22,25)(H,23,27). The molecule has 0 bridgehead atoms. The molecule has 1 aliphatic rings. The molecule has 1 saturated heterocycles. The molecule has 8 nitrogen and oxygen atoms in total. The number of ether oxygens (including phenoxy) is 2. The Morgan fingerprint density at radius 3 is 2.67 bits per heavy atom. The summed E-state index contributed by atoms with van der Waals surface area (Å²) in [6.07, 6.45) is 5.57. The van der Waals surface area contributed by atoms with Gasteiger partial charge in [-0.3, -0.25) is 4.99 Å². The third-order valence-electron chi connectivity index (χ3n) is 4.64. The topological polar surface area (TPSA) is 88.1 Å². The highest BCUT2D eigenvalue weighted by Crippen LogP contribution is 2.16. The van der Waals surface area contributed by atoms with Crippen LogP contribution in [0.15, 0.2) is 11.2 Å². The van der Waals surface area contributed by atoms with E-state index >= 15 is 0 Å². The maximum Gasteiger partial charge on any atom is 0.407 e. The Morgan fingerprint density at radius 1 is 1.33 bits per heavy atom. The van der Waals surface area contributed by atoms with Gasteiger partial charge in [-0.2, -0.15) is 0 Å². The number of nitrogens with one attached hydrogen (secondary N) is 2. The van der Waals surface area contributed by atoms with E-state index in [-0.39, 0.29) is 12.2 Å². The molecule has 1 aliphatic heterocycles. The van der Waals surface area contributed by atoms with Crippen LogP contribution in [-0.2, 0) is 22.4 Å². The molecule has 1 amide bonds. The van der Waals surface area contributed by atoms with E-state index in [1.165, 1.54) is 4.88 Å². The lowest BCUT2D eigenvalue weighted by Gasteiger charge is -2.34. The van der Waals surface area contributed by atoms with Crippen LogP contribution in [0.2, 0.25) is 0 Å². The molecule has 2 N–H and O–H groups in total. The number of guanidine groups is 1. The fraction of sp³-hybridized carbons (Fsp3) is 0.762. The maximum absolute atomic E-state index is 11.6. The average molecular weight is 440 g/mol. The number of hydrogen-bond donors (Lipinski definition) is 2. The van der Waals surface area contributed by atoms with Crippen molar-refractivity contribution in [2.24, 2.45) is 4.99 Å². The largest absolute Gasteiger partial charge is 0.444 e. The number of carbonyl (C=O) groups excluding carboxylic acids is 1. The molecule has 0 radical (unpaired) electrons. The molecule has 0 atom stereocenters. The summed E-state index contributed by atoms with van der Waals surface area (Å²) >= 11 is 1.75. The Hall–Kier alpha value is -1.87. The molecular formula is C21H37N5O3S. The normalized spacial score (nSPS) is 15.9. The van der Waals surface area contributed by atoms with Gasteiger partial charge in [0.05, 0.1) is 12.6 Å². The number of rotatable bonds is 8. The summed E-state index contributed by atoms with van der Waals surface area (Å²) in [5.74, 6) is 0.920. The number of piperidine rings is 1. The van der Waals surface area contributed by atoms with Crippen LogP contribution >= 0.6 is 11.3 Å². The predicted molar refractivity (Wildman–Crippen MR) is 121 cm³/mol. The Bertz CT molecular complexity index is 678. The lowest BCUT2D eigenvalue weighted by Crippen LogP contribution is -2.46. The molecule has 1 fully saturated rings. The summed E-state index contributed by atoms with van der Waals surface area (Å²) in [6.45, 7) is 11.4. The Morgan fingerprint density at radius 2 is 2.07 bits per heavy atom. The Labute approximate surface area is 184 Å². The molecule has 30 heavy (non-hydrogen) atoms. The van der Waals surface area contributed by atoms with Gasteiger partial charge in [0.25, 0.3) is 0 Å². The summed E-state index contributed by atoms with van der Waals surface area (Å²) in [6, 6.07) is 0. The van der Waals surface area contributed by atoms with Gasteiger partial charge in [0.2, 0.25) is 0 Å². The van der Waals surface area contributed by atoms with Crippen molar-refractivity contribution < 1.29 is 14.3 Å². The van der Waals surface area contributed by atoms with Crippen molar-refractivity contribution in [1.29, 1.82) is 0 Å². The molecule has 1 aromatic rings. The lowest BCUT2D eigenvalue weighted by molar-refractivity contribution is 0.0170. The number of carbonyl (C=O) groups is 1. The van der Waals surface area contributed by atoms with Crippen molar-refractivity contribution in [1.82, 2.24) is 20.5 Å². The summed E-state index contributed by atoms with van der Waals surface area (Å²) < 4.78 is 11.2. The van der Waals surface area contributed by atoms with Crippen LogP contribution < -0.4 is 10.6 Å². The van der Waals surface area contributed by atoms with Gasteiger partial charge in [-0.1, -0.05) is 6.92 Å². The maximum atomic E-state index is 11.6. The van der Waals surface area contributed by atoms with Crippen LogP contribution in [0, 0.1) is 0 Å². The van der Waals surface area contributed by atoms with Gasteiger partial charge in [0, 0.05) is 44.4 Å². The molecule has 2 rings (SSSR count). The zero-order valence-corrected chi connectivity index (χ0v) is 19.8. The highest BCUT2D eigenvalue weighted by molar-refractivity contribution is 7.11. The first-order valence-electron chi connectivity index (χ1n) is 10.8. The molecule has 9 heteroatoms. The molecule has 0 spiro atoms. The Kier molecular flexibility index (Phi) is 9.84. The number of aryl methyl sites for hydroxylation is 1. The van der Waals surface area contributed by atoms with Gasteiger partial charge in [0.1, 0.15) is 10.6 Å². The quantitative estimate of drug-likeness (QED) is 0.367. The van der Waals surface area contributed by atoms with Crippen LogP contribution in [-0.4, -0.2) is 66.9 Å². The van der Waals surface area contributed by atoms with Crippen molar-refractivity contribution in [2.45, 2.75) is 71.6 Å². The van der Waals surface area contributed by atoms with Crippen molar-refractivity contribution in [2.75, 3.05) is 33.3 Å². The van der Waals surface area contributed by atoms with Crippen LogP contribution in [0.1, 0.15) is 56.8 Å². The molecule has 2 heterocycles. The second-order valence-electron chi connectivity index (χ2n) is 8.31. The molecule has 0 saturated carbocycles. The minimum Gasteiger partial charge on any atom is -0.444 e. The number of alkyl carbamates (subject to hydrolysis) is 1. The third-order valence-corrected chi connectivity index (χ3v) is 5.79. The number of amides is 1. The smallest absolute Gasteiger partial charge is 0.407 e. The Balaban J connectivity index is 1.60. The van der Waals surface area contributed by atoms with Gasteiger partial charge in [-0.15, -0.1) is 11.3 Å². The summed E-state index contributed by atoms with van der Waals surface area (Å²) in [7, 11) is 1.82. The van der Waals surface area contributed by atoms with E-state index in [2.05, 4.69) is 32.4 Å². The fourth-order valence-electron chi connectivity index (χ4n) is 3.14. The van der Waals surface area contributed by atoms with Gasteiger partial charge < -0.3 is 25.0 Å². The number of aromatic nitrogens is 1. The van der Waals surface area contributed by atoms with E-state index in [0.29, 0.717) is 19.7 Å². The second kappa shape index (κ2) is 12.1. The van der Waals surface area contributed by atoms with E-state index in [9.17, 15) is 4.79 Å². The summed E-state index contributed by atoms with van der Waals surface area (Å²) in [5.41, 5.74) is -0.469. The van der Waals surface area contributed by atoms with Crippen molar-refractivity contribution in [3.63, 3.8) is 0 Å². The molecule has 0 unspecified atom stereocenters. The van der Waals surface area contributed by atoms with E-state index in [1.807, 2.05) is 34.0 Å². The van der Waals surface area contributed by atoms with Crippen LogP contribution in [0.4, 0.5) is 4.79 Å². The highest BCUT2D eigenvalue weighted by Gasteiger charge is 2.22. The molecule has 1 aromatic heterocycles. The molecule has 0 aliphatic carbocycles. The number of thiazole rings is 1. The van der Waals surface area contributed by atoms with E-state index in [0.717, 1.165) is 49.7 Å². The first kappa shape index (κ1) is 24.4. The first-order chi connectivity index (χ1) is 14.3. The van der Waals surface area contributed by atoms with Gasteiger partial charge >= 0.3 is 6.09 Å². The zero-order chi connectivity index (χ0) is 22.0. The SMILES string of the molecule is CCc1cnc(CNC(=NC)N2CCC(OCCCNC(=O)OC(C)(C)C)CC2)s1. The number of nitrogens with zero attached hydrogens (tertiary/aromatic N) is 3. The van der Waals surface area contributed by atoms with Crippen molar-refractivity contribution in [3.8, 4) is 0 Å². The molecular weight excluding hydrogens is 402 g/mol. The zero-order valence-electron chi connectivity index (χ0n) is 19.0. The first-order valence-corrected chi connectivity index (χ1v) is 11.6. The van der Waals surface area contributed by atoms with Crippen LogP contribution in [0.3, 0.4) is 0 Å². The van der Waals surface area contributed by atoms with E-state index in [4.69, 9.17) is 9.47 Å². The molecule has 0 aromatic carbocycles. The second-order valence-corrected chi connectivity index (χ2v) is 9.51. The van der Waals surface area contributed by atoms with Crippen LogP contribution in [0.25, 0.3) is 0 Å². The lowest BCUT2D eigenvalue weighted by atomic mass is 10.1. The van der Waals surface area contributed by atoms with E-state index < -0.39 is 5.60 Å². The fourth-order valence-corrected chi connectivity index (χ4v) is 3.94. The van der Waals surface area contributed by atoms with Gasteiger partial charge in [-0.05, 0) is 46.5 Å². The van der Waals surface area contributed by atoms with Crippen molar-refractivity contribution in [3.05, 3.63) is 16.1 Å². The van der Waals surface area contributed by atoms with E-state index in [1.54, 1.807) is 11.3 Å². The predicted octanol–water partition coefficient (Wildman–Crippen LogP) is 3.18. The number of hydrogen-bond acceptors (Lipinski definition) is 6.